The number of methoxy groups -OCH3 is 1. The fraction of sp³-hybridized carbons (Fsp3) is 0.318. The van der Waals surface area contributed by atoms with Crippen LogP contribution in [0.3, 0.4) is 0 Å². The van der Waals surface area contributed by atoms with E-state index in [1.165, 1.54) is 0 Å². The topological polar surface area (TPSA) is 89.5 Å². The average Bonchev–Trinajstić information content (AvgIpc) is 2.79. The van der Waals surface area contributed by atoms with Gasteiger partial charge >= 0.3 is 0 Å². The lowest BCUT2D eigenvalue weighted by Crippen LogP contribution is -2.42. The number of carbonyl (C=O) groups excluding carboxylic acids is 2. The van der Waals surface area contributed by atoms with Gasteiger partial charge in [0.25, 0.3) is 5.91 Å². The van der Waals surface area contributed by atoms with Crippen molar-refractivity contribution in [3.05, 3.63) is 59.7 Å². The van der Waals surface area contributed by atoms with Crippen LogP contribution in [0.4, 0.5) is 0 Å². The number of nitrogens with zero attached hydrogens (tertiary/aromatic N) is 2. The molecule has 0 spiro atoms. The smallest absolute Gasteiger partial charge is 0.260 e. The maximum atomic E-state index is 12.1. The van der Waals surface area contributed by atoms with Gasteiger partial charge < -0.3 is 19.1 Å². The van der Waals surface area contributed by atoms with E-state index in [0.717, 1.165) is 16.9 Å². The summed E-state index contributed by atoms with van der Waals surface area (Å²) in [6.45, 7) is 2.32. The predicted molar refractivity (Wildman–Crippen MR) is 112 cm³/mol. The van der Waals surface area contributed by atoms with E-state index in [-0.39, 0.29) is 24.8 Å². The molecule has 8 heteroatoms. The van der Waals surface area contributed by atoms with Crippen LogP contribution in [0.25, 0.3) is 0 Å². The molecule has 0 atom stereocenters. The molecule has 0 aliphatic carbocycles. The van der Waals surface area contributed by atoms with Crippen molar-refractivity contribution in [3.8, 4) is 11.5 Å². The minimum Gasteiger partial charge on any atom is -0.497 e. The van der Waals surface area contributed by atoms with Crippen LogP contribution < -0.4 is 14.9 Å². The van der Waals surface area contributed by atoms with E-state index < -0.39 is 0 Å². The lowest BCUT2D eigenvalue weighted by molar-refractivity contribution is -0.137. The molecule has 2 aromatic rings. The molecule has 1 aliphatic heterocycles. The molecule has 158 valence electrons. The molecule has 0 aromatic heterocycles. The van der Waals surface area contributed by atoms with Crippen LogP contribution in [0, 0.1) is 0 Å². The summed E-state index contributed by atoms with van der Waals surface area (Å²) >= 11 is 0. The monoisotopic (exact) mass is 411 g/mol. The van der Waals surface area contributed by atoms with Crippen molar-refractivity contribution in [2.75, 3.05) is 40.0 Å². The standard InChI is InChI=1S/C22H25N3O5/c1-28-19-6-2-17(3-7-19)14-21(26)24-23-15-18-4-8-20(9-5-18)30-16-22(27)25-10-12-29-13-11-25/h2-9,15H,10-14,16H2,1H3,(H,24,26)/b23-15+. The number of ether oxygens (including phenoxy) is 3. The molecule has 8 nitrogen and oxygen atoms in total. The molecule has 1 aliphatic rings. The molecule has 0 saturated carbocycles. The Morgan fingerprint density at radius 1 is 1.07 bits per heavy atom. The summed E-state index contributed by atoms with van der Waals surface area (Å²) in [5.74, 6) is 1.08. The van der Waals surface area contributed by atoms with E-state index in [4.69, 9.17) is 14.2 Å². The van der Waals surface area contributed by atoms with Crippen molar-refractivity contribution >= 4 is 18.0 Å². The van der Waals surface area contributed by atoms with E-state index >= 15 is 0 Å². The molecule has 1 saturated heterocycles. The van der Waals surface area contributed by atoms with E-state index in [2.05, 4.69) is 10.5 Å². The second-order valence-electron chi connectivity index (χ2n) is 6.67. The van der Waals surface area contributed by atoms with Gasteiger partial charge in [-0.05, 0) is 47.5 Å². The number of hydrogen-bond acceptors (Lipinski definition) is 6. The van der Waals surface area contributed by atoms with Gasteiger partial charge in [0.15, 0.2) is 6.61 Å². The first-order chi connectivity index (χ1) is 14.6. The number of amides is 2. The zero-order valence-corrected chi connectivity index (χ0v) is 16.9. The number of benzene rings is 2. The van der Waals surface area contributed by atoms with Crippen LogP contribution >= 0.6 is 0 Å². The van der Waals surface area contributed by atoms with Gasteiger partial charge in [-0.1, -0.05) is 12.1 Å². The summed E-state index contributed by atoms with van der Waals surface area (Å²) in [6.07, 6.45) is 1.78. The number of carbonyl (C=O) groups is 2. The first-order valence-corrected chi connectivity index (χ1v) is 9.67. The van der Waals surface area contributed by atoms with Crippen molar-refractivity contribution < 1.29 is 23.8 Å². The molecule has 0 unspecified atom stereocenters. The Morgan fingerprint density at radius 2 is 1.73 bits per heavy atom. The van der Waals surface area contributed by atoms with Crippen LogP contribution in [0.1, 0.15) is 11.1 Å². The van der Waals surface area contributed by atoms with Gasteiger partial charge in [0, 0.05) is 13.1 Å². The molecular formula is C22H25N3O5. The fourth-order valence-electron chi connectivity index (χ4n) is 2.85. The van der Waals surface area contributed by atoms with Crippen LogP contribution in [-0.2, 0) is 20.7 Å². The third-order valence-electron chi connectivity index (χ3n) is 4.53. The number of rotatable bonds is 8. The van der Waals surface area contributed by atoms with E-state index in [9.17, 15) is 9.59 Å². The normalized spacial score (nSPS) is 13.8. The van der Waals surface area contributed by atoms with E-state index in [0.29, 0.717) is 32.1 Å². The molecule has 1 heterocycles. The number of hydrogen-bond donors (Lipinski definition) is 1. The number of hydrazone groups is 1. The molecular weight excluding hydrogens is 386 g/mol. The third kappa shape index (κ3) is 6.59. The lowest BCUT2D eigenvalue weighted by atomic mass is 10.1. The molecule has 1 N–H and O–H groups in total. The maximum absolute atomic E-state index is 12.1. The van der Waals surface area contributed by atoms with Gasteiger partial charge in [0.2, 0.25) is 5.91 Å². The van der Waals surface area contributed by atoms with Crippen molar-refractivity contribution in [1.29, 1.82) is 0 Å². The van der Waals surface area contributed by atoms with Crippen LogP contribution in [0.15, 0.2) is 53.6 Å². The average molecular weight is 411 g/mol. The highest BCUT2D eigenvalue weighted by Crippen LogP contribution is 2.12. The van der Waals surface area contributed by atoms with E-state index in [1.54, 1.807) is 42.5 Å². The Hall–Kier alpha value is -3.39. The maximum Gasteiger partial charge on any atom is 0.260 e. The summed E-state index contributed by atoms with van der Waals surface area (Å²) in [5, 5.41) is 3.97. The summed E-state index contributed by atoms with van der Waals surface area (Å²) in [7, 11) is 1.60. The van der Waals surface area contributed by atoms with Gasteiger partial charge in [-0.2, -0.15) is 5.10 Å². The van der Waals surface area contributed by atoms with Gasteiger partial charge in [-0.15, -0.1) is 0 Å². The highest BCUT2D eigenvalue weighted by atomic mass is 16.5. The van der Waals surface area contributed by atoms with Crippen LogP contribution in [0.2, 0.25) is 0 Å². The van der Waals surface area contributed by atoms with Crippen molar-refractivity contribution in [3.63, 3.8) is 0 Å². The third-order valence-corrected chi connectivity index (χ3v) is 4.53. The number of nitrogens with one attached hydrogen (secondary N) is 1. The highest BCUT2D eigenvalue weighted by Gasteiger charge is 2.17. The van der Waals surface area contributed by atoms with Gasteiger partial charge in [0.1, 0.15) is 11.5 Å². The number of morpholine rings is 1. The molecule has 1 fully saturated rings. The Balaban J connectivity index is 1.41. The molecule has 0 radical (unpaired) electrons. The summed E-state index contributed by atoms with van der Waals surface area (Å²) in [5.41, 5.74) is 4.18. The second kappa shape index (κ2) is 11.0. The molecule has 3 rings (SSSR count). The largest absolute Gasteiger partial charge is 0.497 e. The van der Waals surface area contributed by atoms with Crippen molar-refractivity contribution in [2.45, 2.75) is 6.42 Å². The summed E-state index contributed by atoms with van der Waals surface area (Å²) in [4.78, 5) is 25.8. The Morgan fingerprint density at radius 3 is 2.40 bits per heavy atom. The summed E-state index contributed by atoms with van der Waals surface area (Å²) in [6, 6.07) is 14.4. The molecule has 30 heavy (non-hydrogen) atoms. The molecule has 0 bridgehead atoms. The highest BCUT2D eigenvalue weighted by molar-refractivity contribution is 5.83. The Bertz CT molecular complexity index is 859. The molecule has 2 aromatic carbocycles. The SMILES string of the molecule is COc1ccc(CC(=O)N/N=C/c2ccc(OCC(=O)N3CCOCC3)cc2)cc1. The Labute approximate surface area is 175 Å². The van der Waals surface area contributed by atoms with Crippen molar-refractivity contribution in [1.82, 2.24) is 10.3 Å². The molecule has 2 amide bonds. The minimum absolute atomic E-state index is 0.00511. The van der Waals surface area contributed by atoms with Gasteiger partial charge in [-0.3, -0.25) is 9.59 Å². The predicted octanol–water partition coefficient (Wildman–Crippen LogP) is 1.63. The quantitative estimate of drug-likeness (QED) is 0.527. The van der Waals surface area contributed by atoms with E-state index in [1.807, 2.05) is 24.3 Å². The minimum atomic E-state index is -0.210. The lowest BCUT2D eigenvalue weighted by Gasteiger charge is -2.26. The first kappa shape index (κ1) is 21.3. The first-order valence-electron chi connectivity index (χ1n) is 9.67. The summed E-state index contributed by atoms with van der Waals surface area (Å²) < 4.78 is 15.9. The van der Waals surface area contributed by atoms with Crippen LogP contribution in [0.5, 0.6) is 11.5 Å². The van der Waals surface area contributed by atoms with Gasteiger partial charge in [-0.25, -0.2) is 5.43 Å². The van der Waals surface area contributed by atoms with Gasteiger partial charge in [0.05, 0.1) is 33.0 Å². The fourth-order valence-corrected chi connectivity index (χ4v) is 2.85. The Kier molecular flexibility index (Phi) is 7.79. The zero-order chi connectivity index (χ0) is 21.2. The van der Waals surface area contributed by atoms with Crippen LogP contribution in [-0.4, -0.2) is 62.9 Å². The second-order valence-corrected chi connectivity index (χ2v) is 6.67. The zero-order valence-electron chi connectivity index (χ0n) is 16.9. The van der Waals surface area contributed by atoms with Crippen molar-refractivity contribution in [2.24, 2.45) is 5.10 Å².